The maximum Gasteiger partial charge on any atom is 0.306 e. The average molecular weight is 365 g/mol. The van der Waals surface area contributed by atoms with Gasteiger partial charge in [0.15, 0.2) is 0 Å². The van der Waals surface area contributed by atoms with Crippen LogP contribution in [0.15, 0.2) is 0 Å². The van der Waals surface area contributed by atoms with Crippen LogP contribution in [0.4, 0.5) is 0 Å². The van der Waals surface area contributed by atoms with Gasteiger partial charge in [-0.2, -0.15) is 0 Å². The van der Waals surface area contributed by atoms with Crippen LogP contribution in [0.25, 0.3) is 0 Å². The van der Waals surface area contributed by atoms with Crippen molar-refractivity contribution < 1.29 is 28.7 Å². The number of unbranched alkanes of at least 4 members (excludes halogenated alkanes) is 4. The smallest absolute Gasteiger partial charge is 0.306 e. The van der Waals surface area contributed by atoms with Crippen LogP contribution in [-0.4, -0.2) is 66.3 Å². The summed E-state index contributed by atoms with van der Waals surface area (Å²) in [5, 5.41) is 0. The van der Waals surface area contributed by atoms with Gasteiger partial charge >= 0.3 is 11.9 Å². The zero-order valence-electron chi connectivity index (χ0n) is 15.9. The van der Waals surface area contributed by atoms with E-state index in [-0.39, 0.29) is 54.0 Å². The summed E-state index contributed by atoms with van der Waals surface area (Å²) in [5.41, 5.74) is 0. The zero-order valence-corrected chi connectivity index (χ0v) is 17.9. The van der Waals surface area contributed by atoms with Crippen LogP contribution in [0, 0.1) is 0 Å². The number of carbonyl (C=O) groups is 4. The molecule has 0 rings (SSSR count). The second kappa shape index (κ2) is 18.1. The zero-order chi connectivity index (χ0) is 18.2. The first kappa shape index (κ1) is 26.5. The van der Waals surface area contributed by atoms with Crippen molar-refractivity contribution in [3.05, 3.63) is 0 Å². The van der Waals surface area contributed by atoms with E-state index in [0.717, 1.165) is 38.5 Å². The molecule has 0 aliphatic carbocycles. The molecule has 0 heterocycles. The maximum atomic E-state index is 11.5. The number of esters is 2. The van der Waals surface area contributed by atoms with Gasteiger partial charge in [0, 0.05) is 42.4 Å². The molecule has 0 fully saturated rings. The Morgan fingerprint density at radius 2 is 0.920 bits per heavy atom. The summed E-state index contributed by atoms with van der Waals surface area (Å²) in [6.07, 6.45) is 5.94. The Hall–Kier alpha value is -0.720. The van der Waals surface area contributed by atoms with Gasteiger partial charge in [-0.05, 0) is 52.4 Å². The maximum absolute atomic E-state index is 11.5. The van der Waals surface area contributed by atoms with Crippen LogP contribution in [0.3, 0.4) is 0 Å². The molecule has 7 heteroatoms. The molecule has 0 saturated carbocycles. The first-order valence-corrected chi connectivity index (χ1v) is 8.72. The van der Waals surface area contributed by atoms with Gasteiger partial charge in [0.25, 0.3) is 0 Å². The summed E-state index contributed by atoms with van der Waals surface area (Å²) in [6.45, 7) is 3.76. The van der Waals surface area contributed by atoms with Crippen LogP contribution >= 0.6 is 0 Å². The number of Topliss-reactive ketones (excluding diaryl/α,β-unsaturated/α-hetero) is 2. The Morgan fingerprint density at radius 3 is 1.24 bits per heavy atom. The van der Waals surface area contributed by atoms with E-state index in [4.69, 9.17) is 9.47 Å². The molecule has 0 aromatic heterocycles. The Morgan fingerprint density at radius 1 is 0.560 bits per heavy atom. The minimum Gasteiger partial charge on any atom is -0.466 e. The molecule has 0 aromatic carbocycles. The third kappa shape index (κ3) is 21.2. The second-order valence-corrected chi connectivity index (χ2v) is 5.97. The van der Waals surface area contributed by atoms with Crippen LogP contribution in [0.5, 0.6) is 0 Å². The fraction of sp³-hybridized carbons (Fsp3) is 0.778. The molecule has 0 aromatic rings. The molecule has 6 nitrogen and oxygen atoms in total. The number of rotatable bonds is 15. The molecule has 0 unspecified atom stereocenters. The molecule has 0 spiro atoms. The van der Waals surface area contributed by atoms with Gasteiger partial charge in [-0.3, -0.25) is 9.59 Å². The van der Waals surface area contributed by atoms with E-state index in [1.54, 1.807) is 13.8 Å². The minimum absolute atomic E-state index is 0. The topological polar surface area (TPSA) is 86.7 Å². The number of ether oxygens (including phenoxy) is 2. The molecule has 139 valence electrons. The molecule has 0 amide bonds. The third-order valence-corrected chi connectivity index (χ3v) is 3.41. The van der Waals surface area contributed by atoms with E-state index in [2.05, 4.69) is 0 Å². The second-order valence-electron chi connectivity index (χ2n) is 5.97. The summed E-state index contributed by atoms with van der Waals surface area (Å²) in [5.74, 6) is -0.464. The predicted octanol–water partition coefficient (Wildman–Crippen LogP) is 2.77. The predicted molar refractivity (Wildman–Crippen MR) is 95.2 cm³/mol. The SMILES string of the molecule is CC(=O)CCCCCOC(=O)CCC(=O)OCCCCCC(C)=O.[Na]. The van der Waals surface area contributed by atoms with Crippen LogP contribution < -0.4 is 0 Å². The van der Waals surface area contributed by atoms with Crippen molar-refractivity contribution in [2.75, 3.05) is 13.2 Å². The number of carbonyl (C=O) groups excluding carboxylic acids is 4. The van der Waals surface area contributed by atoms with Crippen molar-refractivity contribution >= 4 is 53.1 Å². The van der Waals surface area contributed by atoms with Gasteiger partial charge < -0.3 is 19.1 Å². The van der Waals surface area contributed by atoms with Gasteiger partial charge in [-0.1, -0.05) is 0 Å². The van der Waals surface area contributed by atoms with E-state index in [1.807, 2.05) is 0 Å². The van der Waals surface area contributed by atoms with Crippen molar-refractivity contribution in [1.29, 1.82) is 0 Å². The molecule has 0 aliphatic rings. The molecular weight excluding hydrogens is 335 g/mol. The third-order valence-electron chi connectivity index (χ3n) is 3.41. The summed E-state index contributed by atoms with van der Waals surface area (Å²) in [7, 11) is 0. The van der Waals surface area contributed by atoms with Crippen molar-refractivity contribution in [3.63, 3.8) is 0 Å². The van der Waals surface area contributed by atoms with Crippen LogP contribution in [0.1, 0.15) is 78.1 Å². The van der Waals surface area contributed by atoms with E-state index < -0.39 is 11.9 Å². The Bertz CT molecular complexity index is 370. The molecule has 1 radical (unpaired) electrons. The first-order chi connectivity index (χ1) is 11.4. The molecule has 0 bridgehead atoms. The molecule has 0 N–H and O–H groups in total. The van der Waals surface area contributed by atoms with E-state index in [1.165, 1.54) is 0 Å². The van der Waals surface area contributed by atoms with E-state index >= 15 is 0 Å². The van der Waals surface area contributed by atoms with Gasteiger partial charge in [-0.25, -0.2) is 0 Å². The minimum atomic E-state index is -0.403. The number of hydrogen-bond donors (Lipinski definition) is 0. The number of hydrogen-bond acceptors (Lipinski definition) is 6. The largest absolute Gasteiger partial charge is 0.466 e. The summed E-state index contributed by atoms with van der Waals surface area (Å²) >= 11 is 0. The Kier molecular flexibility index (Phi) is 19.2. The van der Waals surface area contributed by atoms with E-state index in [0.29, 0.717) is 26.1 Å². The summed E-state index contributed by atoms with van der Waals surface area (Å²) in [4.78, 5) is 44.4. The summed E-state index contributed by atoms with van der Waals surface area (Å²) in [6, 6.07) is 0. The van der Waals surface area contributed by atoms with Crippen LogP contribution in [0.2, 0.25) is 0 Å². The van der Waals surface area contributed by atoms with Gasteiger partial charge in [0.05, 0.1) is 26.1 Å². The molecular formula is C18H30NaO6. The van der Waals surface area contributed by atoms with Gasteiger partial charge in [-0.15, -0.1) is 0 Å². The molecule has 0 aliphatic heterocycles. The van der Waals surface area contributed by atoms with Crippen LogP contribution in [-0.2, 0) is 28.7 Å². The average Bonchev–Trinajstić information content (AvgIpc) is 2.51. The summed E-state index contributed by atoms with van der Waals surface area (Å²) < 4.78 is 10.0. The quantitative estimate of drug-likeness (QED) is 0.252. The van der Waals surface area contributed by atoms with Gasteiger partial charge in [0.2, 0.25) is 0 Å². The standard InChI is InChI=1S/C18H30O6.Na/c1-15(19)9-5-3-7-13-23-17(21)11-12-18(22)24-14-8-4-6-10-16(2)20;/h3-14H2,1-2H3;. The fourth-order valence-electron chi connectivity index (χ4n) is 2.03. The molecule has 25 heavy (non-hydrogen) atoms. The first-order valence-electron chi connectivity index (χ1n) is 8.72. The number of ketones is 2. The fourth-order valence-corrected chi connectivity index (χ4v) is 2.03. The van der Waals surface area contributed by atoms with Crippen molar-refractivity contribution in [2.24, 2.45) is 0 Å². The van der Waals surface area contributed by atoms with E-state index in [9.17, 15) is 19.2 Å². The normalized spacial score (nSPS) is 9.84. The van der Waals surface area contributed by atoms with Crippen molar-refractivity contribution in [2.45, 2.75) is 78.1 Å². The van der Waals surface area contributed by atoms with Crippen molar-refractivity contribution in [3.8, 4) is 0 Å². The molecule has 0 atom stereocenters. The van der Waals surface area contributed by atoms with Gasteiger partial charge in [0.1, 0.15) is 11.6 Å². The Balaban J connectivity index is 0. The van der Waals surface area contributed by atoms with Crippen molar-refractivity contribution in [1.82, 2.24) is 0 Å². The molecule has 0 saturated heterocycles. The monoisotopic (exact) mass is 365 g/mol. The Labute approximate surface area is 172 Å².